The second kappa shape index (κ2) is 13.9. The molecule has 0 saturated heterocycles. The predicted octanol–water partition coefficient (Wildman–Crippen LogP) is 3.63. The molecule has 0 atom stereocenters. The summed E-state index contributed by atoms with van der Waals surface area (Å²) >= 11 is 0. The van der Waals surface area contributed by atoms with Gasteiger partial charge >= 0.3 is 0 Å². The van der Waals surface area contributed by atoms with E-state index < -0.39 is 22.5 Å². The van der Waals surface area contributed by atoms with Crippen molar-refractivity contribution in [1.29, 1.82) is 0 Å². The van der Waals surface area contributed by atoms with Crippen molar-refractivity contribution in [2.75, 3.05) is 45.9 Å². The zero-order valence-corrected chi connectivity index (χ0v) is 23.4. The van der Waals surface area contributed by atoms with Crippen LogP contribution in [0.3, 0.4) is 0 Å². The third-order valence-corrected chi connectivity index (χ3v) is 7.27. The summed E-state index contributed by atoms with van der Waals surface area (Å²) in [5.74, 6) is 1.02. The van der Waals surface area contributed by atoms with Crippen molar-refractivity contribution in [3.63, 3.8) is 0 Å². The largest absolute Gasteiger partial charge is 0.497 e. The first-order chi connectivity index (χ1) is 19.3. The van der Waals surface area contributed by atoms with Gasteiger partial charge in [0.2, 0.25) is 0 Å². The van der Waals surface area contributed by atoms with Crippen LogP contribution in [0.4, 0.5) is 5.69 Å². The van der Waals surface area contributed by atoms with Crippen molar-refractivity contribution in [2.45, 2.75) is 4.90 Å². The molecule has 11 nitrogen and oxygen atoms in total. The molecule has 0 spiro atoms. The highest BCUT2D eigenvalue weighted by Crippen LogP contribution is 2.37. The molecule has 0 saturated carbocycles. The van der Waals surface area contributed by atoms with Gasteiger partial charge in [-0.2, -0.15) is 5.10 Å². The Morgan fingerprint density at radius 1 is 0.900 bits per heavy atom. The number of methoxy groups -OCH3 is 4. The molecule has 40 heavy (non-hydrogen) atoms. The number of nitrogens with one attached hydrogen (secondary N) is 1. The molecule has 0 unspecified atom stereocenters. The fourth-order valence-corrected chi connectivity index (χ4v) is 5.02. The van der Waals surface area contributed by atoms with Gasteiger partial charge in [0.25, 0.3) is 15.9 Å². The van der Waals surface area contributed by atoms with Crippen molar-refractivity contribution in [1.82, 2.24) is 5.43 Å². The third-order valence-electron chi connectivity index (χ3n) is 5.51. The average Bonchev–Trinajstić information content (AvgIpc) is 2.98. The molecule has 0 aromatic heterocycles. The Kier molecular flexibility index (Phi) is 10.4. The molecule has 0 heterocycles. The maximum absolute atomic E-state index is 13.9. The maximum atomic E-state index is 13.9. The Bertz CT molecular complexity index is 1470. The Hall–Kier alpha value is -4.71. The molecule has 212 valence electrons. The molecule has 1 N–H and O–H groups in total. The molecule has 0 aliphatic rings. The zero-order chi connectivity index (χ0) is 29.1. The number of carbonyl (C=O) groups is 1. The van der Waals surface area contributed by atoms with Crippen molar-refractivity contribution >= 4 is 27.8 Å². The first kappa shape index (κ1) is 29.8. The van der Waals surface area contributed by atoms with Crippen LogP contribution in [0.5, 0.6) is 28.7 Å². The van der Waals surface area contributed by atoms with Gasteiger partial charge in [0.15, 0.2) is 11.5 Å². The van der Waals surface area contributed by atoms with Gasteiger partial charge < -0.3 is 23.7 Å². The highest BCUT2D eigenvalue weighted by molar-refractivity contribution is 7.92. The first-order valence-electron chi connectivity index (χ1n) is 11.9. The van der Waals surface area contributed by atoms with Crippen LogP contribution in [0.1, 0.15) is 5.56 Å². The molecule has 0 aliphatic carbocycles. The van der Waals surface area contributed by atoms with Gasteiger partial charge in [-0.1, -0.05) is 24.8 Å². The number of benzene rings is 3. The fourth-order valence-electron chi connectivity index (χ4n) is 3.58. The van der Waals surface area contributed by atoms with E-state index in [-0.39, 0.29) is 22.1 Å². The van der Waals surface area contributed by atoms with Crippen LogP contribution in [0, 0.1) is 0 Å². The van der Waals surface area contributed by atoms with Gasteiger partial charge in [-0.3, -0.25) is 9.10 Å². The average molecular weight is 570 g/mol. The maximum Gasteiger partial charge on any atom is 0.265 e. The van der Waals surface area contributed by atoms with Crippen LogP contribution >= 0.6 is 0 Å². The summed E-state index contributed by atoms with van der Waals surface area (Å²) in [5, 5.41) is 3.98. The fraction of sp³-hybridized carbons (Fsp3) is 0.214. The lowest BCUT2D eigenvalue weighted by atomic mass is 10.2. The Morgan fingerprint density at radius 3 is 2.30 bits per heavy atom. The van der Waals surface area contributed by atoms with Gasteiger partial charge in [-0.15, -0.1) is 0 Å². The van der Waals surface area contributed by atoms with Crippen LogP contribution in [0.15, 0.2) is 83.3 Å². The number of sulfonamides is 1. The molecule has 3 aromatic carbocycles. The summed E-state index contributed by atoms with van der Waals surface area (Å²) in [6, 6.07) is 15.8. The number of ether oxygens (including phenoxy) is 5. The van der Waals surface area contributed by atoms with E-state index in [0.29, 0.717) is 29.4 Å². The van der Waals surface area contributed by atoms with E-state index in [2.05, 4.69) is 17.1 Å². The van der Waals surface area contributed by atoms with Gasteiger partial charge in [-0.05, 0) is 42.0 Å². The standard InChI is InChI=1S/C28H31N3O8S/c1-6-14-39-22-9-7-8-20(15-22)18-29-30-28(32)19-31(24-16-21(35-2)10-12-25(24)36-3)40(33,34)23-11-13-26(37-4)27(17-23)38-5/h6-13,15-18H,1,14,19H2,2-5H3,(H,30,32)/b29-18-. The number of hydrogen-bond acceptors (Lipinski definition) is 9. The number of amides is 1. The van der Waals surface area contributed by atoms with E-state index in [1.165, 1.54) is 58.9 Å². The summed E-state index contributed by atoms with van der Waals surface area (Å²) in [5.41, 5.74) is 3.12. The van der Waals surface area contributed by atoms with Crippen LogP contribution in [0.2, 0.25) is 0 Å². The smallest absolute Gasteiger partial charge is 0.265 e. The highest BCUT2D eigenvalue weighted by Gasteiger charge is 2.31. The summed E-state index contributed by atoms with van der Waals surface area (Å²) in [4.78, 5) is 12.9. The molecule has 1 amide bonds. The molecule has 0 aliphatic heterocycles. The second-order valence-corrected chi connectivity index (χ2v) is 9.89. The summed E-state index contributed by atoms with van der Waals surface area (Å²) in [7, 11) is 1.34. The van der Waals surface area contributed by atoms with E-state index in [4.69, 9.17) is 23.7 Å². The quantitative estimate of drug-likeness (QED) is 0.177. The molecule has 0 radical (unpaired) electrons. The number of anilines is 1. The van der Waals surface area contributed by atoms with Crippen LogP contribution in [-0.4, -0.2) is 62.1 Å². The SMILES string of the molecule is C=CCOc1cccc(/C=N\NC(=O)CN(c2cc(OC)ccc2OC)S(=O)(=O)c2ccc(OC)c(OC)c2)c1. The van der Waals surface area contributed by atoms with E-state index in [1.807, 2.05) is 0 Å². The topological polar surface area (TPSA) is 125 Å². The van der Waals surface area contributed by atoms with Crippen molar-refractivity contribution < 1.29 is 36.9 Å². The van der Waals surface area contributed by atoms with Crippen LogP contribution < -0.4 is 33.4 Å². The lowest BCUT2D eigenvalue weighted by Crippen LogP contribution is -2.39. The van der Waals surface area contributed by atoms with Gasteiger partial charge in [0.1, 0.15) is 30.4 Å². The molecule has 3 rings (SSSR count). The van der Waals surface area contributed by atoms with Gasteiger partial charge in [0, 0.05) is 12.1 Å². The summed E-state index contributed by atoms with van der Waals surface area (Å²) < 4.78 is 55.4. The molecule has 0 bridgehead atoms. The first-order valence-corrected chi connectivity index (χ1v) is 13.3. The van der Waals surface area contributed by atoms with E-state index >= 15 is 0 Å². The van der Waals surface area contributed by atoms with Crippen molar-refractivity contribution in [2.24, 2.45) is 5.10 Å². The lowest BCUT2D eigenvalue weighted by Gasteiger charge is -2.26. The van der Waals surface area contributed by atoms with Gasteiger partial charge in [0.05, 0.1) is 45.2 Å². The molecular weight excluding hydrogens is 538 g/mol. The summed E-state index contributed by atoms with van der Waals surface area (Å²) in [6.07, 6.45) is 3.04. The summed E-state index contributed by atoms with van der Waals surface area (Å²) in [6.45, 7) is 3.33. The molecular formula is C28H31N3O8S. The third kappa shape index (κ3) is 7.23. The van der Waals surface area contributed by atoms with Crippen LogP contribution in [0.25, 0.3) is 0 Å². The minimum absolute atomic E-state index is 0.0860. The van der Waals surface area contributed by atoms with Crippen molar-refractivity contribution in [3.8, 4) is 28.7 Å². The second-order valence-electron chi connectivity index (χ2n) is 8.03. The van der Waals surface area contributed by atoms with E-state index in [0.717, 1.165) is 4.31 Å². The Morgan fingerprint density at radius 2 is 1.62 bits per heavy atom. The Labute approximate surface area is 233 Å². The molecule has 0 fully saturated rings. The number of rotatable bonds is 14. The number of hydrogen-bond donors (Lipinski definition) is 1. The molecule has 3 aromatic rings. The number of carbonyl (C=O) groups excluding carboxylic acids is 1. The van der Waals surface area contributed by atoms with Gasteiger partial charge in [-0.25, -0.2) is 13.8 Å². The van der Waals surface area contributed by atoms with E-state index in [1.54, 1.807) is 42.5 Å². The highest BCUT2D eigenvalue weighted by atomic mass is 32.2. The number of nitrogens with zero attached hydrogens (tertiary/aromatic N) is 2. The minimum Gasteiger partial charge on any atom is -0.497 e. The minimum atomic E-state index is -4.33. The van der Waals surface area contributed by atoms with Crippen LogP contribution in [-0.2, 0) is 14.8 Å². The van der Waals surface area contributed by atoms with Crippen molar-refractivity contribution in [3.05, 3.63) is 78.9 Å². The molecule has 12 heteroatoms. The predicted molar refractivity (Wildman–Crippen MR) is 151 cm³/mol. The number of hydrazone groups is 1. The Balaban J connectivity index is 1.95. The normalized spacial score (nSPS) is 11.0. The lowest BCUT2D eigenvalue weighted by molar-refractivity contribution is -0.119. The monoisotopic (exact) mass is 569 g/mol. The zero-order valence-electron chi connectivity index (χ0n) is 22.6. The van der Waals surface area contributed by atoms with E-state index in [9.17, 15) is 13.2 Å².